The van der Waals surface area contributed by atoms with E-state index < -0.39 is 11.8 Å². The van der Waals surface area contributed by atoms with Crippen LogP contribution in [0.2, 0.25) is 0 Å². The number of ether oxygens (including phenoxy) is 2. The molecule has 0 aliphatic carbocycles. The van der Waals surface area contributed by atoms with Crippen LogP contribution in [0.3, 0.4) is 0 Å². The van der Waals surface area contributed by atoms with Crippen LogP contribution in [-0.2, 0) is 27.8 Å². The highest BCUT2D eigenvalue weighted by atomic mass is 32.1. The molecular formula is C15H19N5O5S. The van der Waals surface area contributed by atoms with Crippen LogP contribution in [0.15, 0.2) is 11.6 Å². The third-order valence-electron chi connectivity index (χ3n) is 3.07. The Kier molecular flexibility index (Phi) is 6.67. The normalized spacial score (nSPS) is 10.3. The summed E-state index contributed by atoms with van der Waals surface area (Å²) >= 11 is 1.18. The van der Waals surface area contributed by atoms with Gasteiger partial charge in [-0.25, -0.2) is 4.98 Å². The summed E-state index contributed by atoms with van der Waals surface area (Å²) in [5, 5.41) is 11.0. The number of esters is 1. The maximum Gasteiger partial charge on any atom is 0.311 e. The van der Waals surface area contributed by atoms with Crippen LogP contribution in [0.5, 0.6) is 5.88 Å². The lowest BCUT2D eigenvalue weighted by molar-refractivity contribution is -0.142. The summed E-state index contributed by atoms with van der Waals surface area (Å²) in [6, 6.07) is 0. The lowest BCUT2D eigenvalue weighted by atomic mass is 10.3. The average Bonchev–Trinajstić information content (AvgIpc) is 3.18. The zero-order chi connectivity index (χ0) is 19.1. The highest BCUT2D eigenvalue weighted by Gasteiger charge is 2.17. The SMILES string of the molecule is CCOC(=O)Cc1csc(NC(=O)CNC(=O)c2cn(C)nc2OC)n1. The minimum Gasteiger partial charge on any atom is -0.479 e. The molecule has 2 amide bonds. The van der Waals surface area contributed by atoms with Gasteiger partial charge in [0.1, 0.15) is 5.56 Å². The minimum absolute atomic E-state index is 0.0394. The van der Waals surface area contributed by atoms with Gasteiger partial charge in [0.05, 0.1) is 32.4 Å². The number of nitrogens with zero attached hydrogens (tertiary/aromatic N) is 3. The van der Waals surface area contributed by atoms with Crippen molar-refractivity contribution in [2.24, 2.45) is 7.05 Å². The molecule has 0 unspecified atom stereocenters. The van der Waals surface area contributed by atoms with Gasteiger partial charge in [0.25, 0.3) is 5.91 Å². The average molecular weight is 381 g/mol. The molecule has 0 bridgehead atoms. The minimum atomic E-state index is -0.479. The van der Waals surface area contributed by atoms with E-state index in [1.54, 1.807) is 19.4 Å². The van der Waals surface area contributed by atoms with Crippen molar-refractivity contribution in [1.29, 1.82) is 0 Å². The fourth-order valence-electron chi connectivity index (χ4n) is 2.00. The summed E-state index contributed by atoms with van der Waals surface area (Å²) in [5.41, 5.74) is 0.738. The van der Waals surface area contributed by atoms with E-state index in [-0.39, 0.29) is 30.4 Å². The van der Waals surface area contributed by atoms with E-state index in [1.165, 1.54) is 29.3 Å². The second-order valence-electron chi connectivity index (χ2n) is 5.08. The Bertz CT molecular complexity index is 800. The number of rotatable bonds is 8. The topological polar surface area (TPSA) is 124 Å². The lowest BCUT2D eigenvalue weighted by Gasteiger charge is -2.04. The number of carbonyl (C=O) groups excluding carboxylic acids is 3. The quantitative estimate of drug-likeness (QED) is 0.633. The van der Waals surface area contributed by atoms with Crippen molar-refractivity contribution < 1.29 is 23.9 Å². The van der Waals surface area contributed by atoms with E-state index in [0.29, 0.717) is 17.4 Å². The predicted molar refractivity (Wildman–Crippen MR) is 93.2 cm³/mol. The Hall–Kier alpha value is -2.95. The van der Waals surface area contributed by atoms with Gasteiger partial charge in [0.15, 0.2) is 5.13 Å². The molecule has 0 atom stereocenters. The number of nitrogens with one attached hydrogen (secondary N) is 2. The van der Waals surface area contributed by atoms with Gasteiger partial charge >= 0.3 is 5.97 Å². The molecule has 2 N–H and O–H groups in total. The van der Waals surface area contributed by atoms with Crippen LogP contribution in [0.25, 0.3) is 0 Å². The third kappa shape index (κ3) is 5.28. The van der Waals surface area contributed by atoms with E-state index in [0.717, 1.165) is 0 Å². The maximum absolute atomic E-state index is 12.1. The molecule has 2 rings (SSSR count). The first kappa shape index (κ1) is 19.4. The smallest absolute Gasteiger partial charge is 0.311 e. The number of amides is 2. The monoisotopic (exact) mass is 381 g/mol. The van der Waals surface area contributed by atoms with Crippen LogP contribution in [0, 0.1) is 0 Å². The zero-order valence-electron chi connectivity index (χ0n) is 14.6. The molecular weight excluding hydrogens is 362 g/mol. The van der Waals surface area contributed by atoms with Crippen LogP contribution >= 0.6 is 11.3 Å². The number of methoxy groups -OCH3 is 1. The molecule has 2 heterocycles. The molecule has 0 aliphatic heterocycles. The molecule has 0 spiro atoms. The molecule has 0 saturated carbocycles. The van der Waals surface area contributed by atoms with Gasteiger partial charge in [0.2, 0.25) is 11.8 Å². The largest absolute Gasteiger partial charge is 0.479 e. The Labute approximate surface area is 153 Å². The first-order valence-electron chi connectivity index (χ1n) is 7.68. The Morgan fingerprint density at radius 1 is 1.35 bits per heavy atom. The van der Waals surface area contributed by atoms with E-state index >= 15 is 0 Å². The van der Waals surface area contributed by atoms with Crippen molar-refractivity contribution in [2.45, 2.75) is 13.3 Å². The summed E-state index contributed by atoms with van der Waals surface area (Å²) in [6.07, 6.45) is 1.53. The predicted octanol–water partition coefficient (Wildman–Crippen LogP) is 0.359. The molecule has 0 radical (unpaired) electrons. The number of hydrogen-bond donors (Lipinski definition) is 2. The molecule has 0 aliphatic rings. The van der Waals surface area contributed by atoms with Gasteiger partial charge in [0, 0.05) is 18.6 Å². The van der Waals surface area contributed by atoms with Crippen LogP contribution in [0.4, 0.5) is 5.13 Å². The first-order valence-corrected chi connectivity index (χ1v) is 8.56. The summed E-state index contributed by atoms with van der Waals surface area (Å²) < 4.78 is 11.3. The van der Waals surface area contributed by atoms with Gasteiger partial charge in [-0.3, -0.25) is 19.1 Å². The molecule has 11 heteroatoms. The second-order valence-corrected chi connectivity index (χ2v) is 5.94. The summed E-state index contributed by atoms with van der Waals surface area (Å²) in [5.74, 6) is -1.13. The molecule has 0 aromatic carbocycles. The van der Waals surface area contributed by atoms with Crippen LogP contribution in [0.1, 0.15) is 23.0 Å². The standard InChI is InChI=1S/C15H19N5O5S/c1-4-25-12(22)5-9-8-26-15(17-9)18-11(21)6-16-13(23)10-7-20(2)19-14(10)24-3/h7-8H,4-6H2,1-3H3,(H,16,23)(H,17,18,21). The van der Waals surface area contributed by atoms with Crippen LogP contribution < -0.4 is 15.4 Å². The van der Waals surface area contributed by atoms with Gasteiger partial charge < -0.3 is 20.1 Å². The summed E-state index contributed by atoms with van der Waals surface area (Å²) in [6.45, 7) is 1.78. The number of carbonyl (C=O) groups is 3. The molecule has 0 saturated heterocycles. The summed E-state index contributed by atoms with van der Waals surface area (Å²) in [7, 11) is 3.06. The van der Waals surface area contributed by atoms with Crippen molar-refractivity contribution in [2.75, 3.05) is 25.6 Å². The highest BCUT2D eigenvalue weighted by molar-refractivity contribution is 7.13. The van der Waals surface area contributed by atoms with Crippen LogP contribution in [-0.4, -0.2) is 52.8 Å². The molecule has 0 fully saturated rings. The Morgan fingerprint density at radius 3 is 2.81 bits per heavy atom. The van der Waals surface area contributed by atoms with Crippen molar-refractivity contribution in [1.82, 2.24) is 20.1 Å². The number of hydrogen-bond acceptors (Lipinski definition) is 8. The second kappa shape index (κ2) is 8.94. The first-order chi connectivity index (χ1) is 12.4. The van der Waals surface area contributed by atoms with Crippen molar-refractivity contribution in [3.05, 3.63) is 22.8 Å². The van der Waals surface area contributed by atoms with E-state index in [9.17, 15) is 14.4 Å². The number of anilines is 1. The maximum atomic E-state index is 12.1. The number of aromatic nitrogens is 3. The van der Waals surface area contributed by atoms with Crippen molar-refractivity contribution >= 4 is 34.3 Å². The molecule has 26 heavy (non-hydrogen) atoms. The van der Waals surface area contributed by atoms with Crippen molar-refractivity contribution in [3.63, 3.8) is 0 Å². The number of thiazole rings is 1. The fourth-order valence-corrected chi connectivity index (χ4v) is 2.73. The lowest BCUT2D eigenvalue weighted by Crippen LogP contribution is -2.32. The Morgan fingerprint density at radius 2 is 2.12 bits per heavy atom. The van der Waals surface area contributed by atoms with Gasteiger partial charge in [-0.1, -0.05) is 0 Å². The van der Waals surface area contributed by atoms with E-state index in [1.807, 2.05) is 0 Å². The fraction of sp³-hybridized carbons (Fsp3) is 0.400. The molecule has 140 valence electrons. The van der Waals surface area contributed by atoms with E-state index in [2.05, 4.69) is 20.7 Å². The highest BCUT2D eigenvalue weighted by Crippen LogP contribution is 2.16. The van der Waals surface area contributed by atoms with Gasteiger partial charge in [-0.2, -0.15) is 0 Å². The van der Waals surface area contributed by atoms with Gasteiger partial charge in [-0.05, 0) is 6.92 Å². The summed E-state index contributed by atoms with van der Waals surface area (Å²) in [4.78, 5) is 39.6. The van der Waals surface area contributed by atoms with E-state index in [4.69, 9.17) is 9.47 Å². The molecule has 2 aromatic heterocycles. The Balaban J connectivity index is 1.84. The molecule has 10 nitrogen and oxygen atoms in total. The zero-order valence-corrected chi connectivity index (χ0v) is 15.4. The van der Waals surface area contributed by atoms with Crippen molar-refractivity contribution in [3.8, 4) is 5.88 Å². The van der Waals surface area contributed by atoms with Gasteiger partial charge in [-0.15, -0.1) is 16.4 Å². The number of aryl methyl sites for hydroxylation is 1. The molecule has 2 aromatic rings. The third-order valence-corrected chi connectivity index (χ3v) is 3.88.